The van der Waals surface area contributed by atoms with E-state index in [0.29, 0.717) is 30.4 Å². The number of anilines is 1. The van der Waals surface area contributed by atoms with Gasteiger partial charge in [0.15, 0.2) is 11.6 Å². The summed E-state index contributed by atoms with van der Waals surface area (Å²) in [5.41, 5.74) is 0.901. The summed E-state index contributed by atoms with van der Waals surface area (Å²) in [6.07, 6.45) is 2.63. The Morgan fingerprint density at radius 2 is 2.24 bits per heavy atom. The fourth-order valence-electron chi connectivity index (χ4n) is 3.86. The Hall–Kier alpha value is -1.29. The summed E-state index contributed by atoms with van der Waals surface area (Å²) in [4.78, 5) is 0. The highest BCUT2D eigenvalue weighted by molar-refractivity contribution is 5.49. The number of halogens is 1. The summed E-state index contributed by atoms with van der Waals surface area (Å²) < 4.78 is 25.1. The van der Waals surface area contributed by atoms with Gasteiger partial charge in [0.25, 0.3) is 0 Å². The van der Waals surface area contributed by atoms with Crippen LogP contribution in [0, 0.1) is 17.2 Å². The van der Waals surface area contributed by atoms with E-state index in [0.717, 1.165) is 18.7 Å². The van der Waals surface area contributed by atoms with Gasteiger partial charge in [0.05, 0.1) is 12.7 Å². The molecule has 1 aromatic rings. The van der Waals surface area contributed by atoms with Crippen molar-refractivity contribution in [3.63, 3.8) is 0 Å². The lowest BCUT2D eigenvalue weighted by atomic mass is 9.55. The van der Waals surface area contributed by atoms with Crippen LogP contribution >= 0.6 is 0 Å². The monoisotopic (exact) mass is 293 g/mol. The fraction of sp³-hybridized carbons (Fsp3) is 0.647. The van der Waals surface area contributed by atoms with Gasteiger partial charge in [0, 0.05) is 35.7 Å². The quantitative estimate of drug-likeness (QED) is 0.915. The van der Waals surface area contributed by atoms with E-state index in [1.807, 2.05) is 13.0 Å². The van der Waals surface area contributed by atoms with Gasteiger partial charge in [-0.2, -0.15) is 0 Å². The maximum absolute atomic E-state index is 13.9. The highest BCUT2D eigenvalue weighted by atomic mass is 19.1. The van der Waals surface area contributed by atoms with Crippen LogP contribution in [0.3, 0.4) is 0 Å². The van der Waals surface area contributed by atoms with Crippen molar-refractivity contribution < 1.29 is 13.9 Å². The summed E-state index contributed by atoms with van der Waals surface area (Å²) in [5, 5.41) is 3.50. The molecule has 1 saturated heterocycles. The largest absolute Gasteiger partial charge is 0.491 e. The number of rotatable bonds is 4. The second-order valence-corrected chi connectivity index (χ2v) is 6.62. The maximum Gasteiger partial charge on any atom is 0.167 e. The molecule has 116 valence electrons. The lowest BCUT2D eigenvalue weighted by molar-refractivity contribution is -0.177. The van der Waals surface area contributed by atoms with Gasteiger partial charge in [-0.15, -0.1) is 0 Å². The minimum atomic E-state index is -0.310. The molecule has 1 heterocycles. The van der Waals surface area contributed by atoms with Gasteiger partial charge in [-0.25, -0.2) is 4.39 Å². The summed E-state index contributed by atoms with van der Waals surface area (Å²) in [5.74, 6) is 0.536. The Morgan fingerprint density at radius 1 is 1.43 bits per heavy atom. The van der Waals surface area contributed by atoms with Crippen LogP contribution in [0.25, 0.3) is 0 Å². The van der Waals surface area contributed by atoms with Crippen LogP contribution in [0.2, 0.25) is 0 Å². The van der Waals surface area contributed by atoms with Crippen LogP contribution in [0.5, 0.6) is 5.75 Å². The third kappa shape index (κ3) is 2.50. The normalized spacial score (nSPS) is 30.2. The first-order valence-electron chi connectivity index (χ1n) is 7.84. The molecule has 0 aromatic heterocycles. The van der Waals surface area contributed by atoms with E-state index in [9.17, 15) is 4.39 Å². The molecule has 2 fully saturated rings. The predicted octanol–water partition coefficient (Wildman–Crippen LogP) is 3.84. The van der Waals surface area contributed by atoms with Gasteiger partial charge in [-0.1, -0.05) is 13.8 Å². The highest BCUT2D eigenvalue weighted by Crippen LogP contribution is 2.52. The zero-order chi connectivity index (χ0) is 15.0. The Morgan fingerprint density at radius 3 is 2.95 bits per heavy atom. The molecule has 0 amide bonds. The molecule has 3 rings (SSSR count). The van der Waals surface area contributed by atoms with Crippen LogP contribution in [-0.4, -0.2) is 25.4 Å². The van der Waals surface area contributed by atoms with Crippen LogP contribution < -0.4 is 10.1 Å². The van der Waals surface area contributed by atoms with E-state index in [-0.39, 0.29) is 11.2 Å². The van der Waals surface area contributed by atoms with Crippen LogP contribution in [0.15, 0.2) is 18.2 Å². The van der Waals surface area contributed by atoms with Gasteiger partial charge >= 0.3 is 0 Å². The molecule has 21 heavy (non-hydrogen) atoms. The number of benzene rings is 1. The smallest absolute Gasteiger partial charge is 0.167 e. The molecule has 3 nitrogen and oxygen atoms in total. The molecule has 3 unspecified atom stereocenters. The summed E-state index contributed by atoms with van der Waals surface area (Å²) in [7, 11) is 0. The summed E-state index contributed by atoms with van der Waals surface area (Å²) in [6.45, 7) is 7.64. The van der Waals surface area contributed by atoms with Crippen molar-refractivity contribution in [3.8, 4) is 5.75 Å². The average molecular weight is 293 g/mol. The van der Waals surface area contributed by atoms with Crippen LogP contribution in [0.4, 0.5) is 10.1 Å². The Balaban J connectivity index is 1.73. The second kappa shape index (κ2) is 5.48. The molecule has 1 N–H and O–H groups in total. The van der Waals surface area contributed by atoms with E-state index < -0.39 is 0 Å². The van der Waals surface area contributed by atoms with E-state index in [1.165, 1.54) is 12.5 Å². The second-order valence-electron chi connectivity index (χ2n) is 6.62. The molecule has 1 saturated carbocycles. The zero-order valence-corrected chi connectivity index (χ0v) is 13.0. The number of nitrogens with one attached hydrogen (secondary N) is 1. The standard InChI is InChI=1S/C17H24FNO2/c1-4-20-14-8-7-11(10-13(14)18)19-15-12-6-5-9-21-16(12)17(15,2)3/h7-8,10,12,15-16,19H,4-6,9H2,1-3H3. The molecule has 1 aliphatic carbocycles. The van der Waals surface area contributed by atoms with E-state index in [4.69, 9.17) is 9.47 Å². The van der Waals surface area contributed by atoms with Gasteiger partial charge < -0.3 is 14.8 Å². The predicted molar refractivity (Wildman–Crippen MR) is 81.2 cm³/mol. The average Bonchev–Trinajstić information content (AvgIpc) is 2.47. The van der Waals surface area contributed by atoms with Crippen LogP contribution in [0.1, 0.15) is 33.6 Å². The molecule has 0 radical (unpaired) electrons. The molecular formula is C17H24FNO2. The molecule has 1 aromatic carbocycles. The Kier molecular flexibility index (Phi) is 3.82. The molecule has 2 aliphatic rings. The molecule has 0 spiro atoms. The first-order valence-corrected chi connectivity index (χ1v) is 7.84. The first-order chi connectivity index (χ1) is 10.0. The van der Waals surface area contributed by atoms with Crippen molar-refractivity contribution in [3.05, 3.63) is 24.0 Å². The van der Waals surface area contributed by atoms with Crippen molar-refractivity contribution in [2.45, 2.75) is 45.8 Å². The van der Waals surface area contributed by atoms with Crippen molar-refractivity contribution >= 4 is 5.69 Å². The fourth-order valence-corrected chi connectivity index (χ4v) is 3.86. The third-order valence-corrected chi connectivity index (χ3v) is 4.88. The third-order valence-electron chi connectivity index (χ3n) is 4.88. The van der Waals surface area contributed by atoms with Gasteiger partial charge in [0.1, 0.15) is 0 Å². The molecule has 4 heteroatoms. The number of hydrogen-bond donors (Lipinski definition) is 1. The molecule has 1 aliphatic heterocycles. The lowest BCUT2D eigenvalue weighted by Gasteiger charge is -2.60. The highest BCUT2D eigenvalue weighted by Gasteiger charge is 2.57. The topological polar surface area (TPSA) is 30.5 Å². The maximum atomic E-state index is 13.9. The van der Waals surface area contributed by atoms with E-state index in [2.05, 4.69) is 19.2 Å². The molecule has 0 bridgehead atoms. The number of hydrogen-bond acceptors (Lipinski definition) is 3. The van der Waals surface area contributed by atoms with Gasteiger partial charge in [0.2, 0.25) is 0 Å². The summed E-state index contributed by atoms with van der Waals surface area (Å²) >= 11 is 0. The van der Waals surface area contributed by atoms with Gasteiger partial charge in [-0.3, -0.25) is 0 Å². The van der Waals surface area contributed by atoms with E-state index in [1.54, 1.807) is 6.07 Å². The zero-order valence-electron chi connectivity index (χ0n) is 13.0. The molecule has 3 atom stereocenters. The van der Waals surface area contributed by atoms with Crippen molar-refractivity contribution in [1.82, 2.24) is 0 Å². The Bertz CT molecular complexity index is 518. The van der Waals surface area contributed by atoms with Gasteiger partial charge in [-0.05, 0) is 31.9 Å². The first kappa shape index (κ1) is 14.6. The summed E-state index contributed by atoms with van der Waals surface area (Å²) in [6, 6.07) is 5.45. The lowest BCUT2D eigenvalue weighted by Crippen LogP contribution is -2.67. The van der Waals surface area contributed by atoms with Crippen molar-refractivity contribution in [2.75, 3.05) is 18.5 Å². The SMILES string of the molecule is CCOc1ccc(NC2C3CCCOC3C2(C)C)cc1F. The van der Waals surface area contributed by atoms with Crippen molar-refractivity contribution in [1.29, 1.82) is 0 Å². The number of ether oxygens (including phenoxy) is 2. The number of fused-ring (bicyclic) bond motifs is 1. The Labute approximate surface area is 125 Å². The van der Waals surface area contributed by atoms with Crippen molar-refractivity contribution in [2.24, 2.45) is 11.3 Å². The minimum absolute atomic E-state index is 0.0835. The molecular weight excluding hydrogens is 269 g/mol. The minimum Gasteiger partial charge on any atom is -0.491 e. The van der Waals surface area contributed by atoms with E-state index >= 15 is 0 Å². The van der Waals surface area contributed by atoms with Crippen LogP contribution in [-0.2, 0) is 4.74 Å².